The number of nitrogens with zero attached hydrogens (tertiary/aromatic N) is 1. The Morgan fingerprint density at radius 2 is 2.10 bits per heavy atom. The molecule has 0 aliphatic rings. The lowest BCUT2D eigenvalue weighted by Crippen LogP contribution is -2.09. The van der Waals surface area contributed by atoms with Gasteiger partial charge in [0, 0.05) is 16.2 Å². The van der Waals surface area contributed by atoms with E-state index in [0.29, 0.717) is 15.9 Å². The van der Waals surface area contributed by atoms with E-state index in [0.717, 1.165) is 0 Å². The predicted octanol–water partition coefficient (Wildman–Crippen LogP) is 2.41. The molecule has 0 amide bonds. The average molecular weight is 357 g/mol. The van der Waals surface area contributed by atoms with Gasteiger partial charge in [0.2, 0.25) is 5.88 Å². The maximum atomic E-state index is 12.5. The molecule has 0 bridgehead atoms. The van der Waals surface area contributed by atoms with E-state index < -0.39 is 9.84 Å². The van der Waals surface area contributed by atoms with E-state index in [1.54, 1.807) is 30.5 Å². The second-order valence-corrected chi connectivity index (χ2v) is 6.99. The van der Waals surface area contributed by atoms with Crippen LogP contribution in [-0.4, -0.2) is 20.5 Å². The Hall–Kier alpha value is -1.60. The first-order valence-electron chi connectivity index (χ1n) is 5.69. The zero-order valence-electron chi connectivity index (χ0n) is 10.7. The first-order valence-corrected chi connectivity index (χ1v) is 8.14. The molecule has 2 aromatic rings. The molecule has 2 rings (SSSR count). The topological polar surface area (TPSA) is 82.3 Å². The molecule has 20 heavy (non-hydrogen) atoms. The molecule has 0 aliphatic carbocycles. The highest BCUT2D eigenvalue weighted by molar-refractivity contribution is 9.10. The smallest absolute Gasteiger partial charge is 0.217 e. The number of halogens is 1. The molecule has 1 heterocycles. The fourth-order valence-electron chi connectivity index (χ4n) is 1.78. The van der Waals surface area contributed by atoms with E-state index in [4.69, 9.17) is 10.5 Å². The highest BCUT2D eigenvalue weighted by Crippen LogP contribution is 2.27. The Labute approximate surface area is 125 Å². The van der Waals surface area contributed by atoms with Crippen LogP contribution in [0.2, 0.25) is 0 Å². The highest BCUT2D eigenvalue weighted by Gasteiger charge is 2.21. The quantitative estimate of drug-likeness (QED) is 0.850. The van der Waals surface area contributed by atoms with Gasteiger partial charge in [0.25, 0.3) is 0 Å². The normalized spacial score (nSPS) is 11.3. The molecule has 0 aliphatic heterocycles. The Bertz CT molecular complexity index is 732. The van der Waals surface area contributed by atoms with Gasteiger partial charge >= 0.3 is 0 Å². The molecule has 0 fully saturated rings. The van der Waals surface area contributed by atoms with Crippen LogP contribution in [0.25, 0.3) is 0 Å². The van der Waals surface area contributed by atoms with Gasteiger partial charge in [-0.1, -0.05) is 22.0 Å². The van der Waals surface area contributed by atoms with Crippen molar-refractivity contribution in [3.05, 3.63) is 46.6 Å². The summed E-state index contributed by atoms with van der Waals surface area (Å²) in [5.41, 5.74) is 6.47. The van der Waals surface area contributed by atoms with Crippen LogP contribution in [0, 0.1) is 0 Å². The highest BCUT2D eigenvalue weighted by atomic mass is 79.9. The third kappa shape index (κ3) is 3.10. The van der Waals surface area contributed by atoms with Crippen molar-refractivity contribution < 1.29 is 13.2 Å². The van der Waals surface area contributed by atoms with Gasteiger partial charge in [0.05, 0.1) is 23.4 Å². The van der Waals surface area contributed by atoms with E-state index in [9.17, 15) is 8.42 Å². The van der Waals surface area contributed by atoms with Crippen molar-refractivity contribution in [2.75, 3.05) is 12.8 Å². The van der Waals surface area contributed by atoms with Crippen molar-refractivity contribution in [3.63, 3.8) is 0 Å². The zero-order chi connectivity index (χ0) is 14.8. The molecule has 5 nitrogen and oxygen atoms in total. The van der Waals surface area contributed by atoms with Crippen molar-refractivity contribution in [2.24, 2.45) is 0 Å². The van der Waals surface area contributed by atoms with Gasteiger partial charge in [-0.15, -0.1) is 0 Å². The molecule has 0 saturated heterocycles. The van der Waals surface area contributed by atoms with Gasteiger partial charge in [-0.3, -0.25) is 0 Å². The molecule has 0 saturated carbocycles. The molecular formula is C13H13BrN2O3S. The number of hydrogen-bond acceptors (Lipinski definition) is 5. The van der Waals surface area contributed by atoms with Crippen LogP contribution in [0.5, 0.6) is 5.88 Å². The number of ether oxygens (including phenoxy) is 1. The van der Waals surface area contributed by atoms with Gasteiger partial charge in [-0.05, 0) is 24.3 Å². The van der Waals surface area contributed by atoms with E-state index in [1.807, 2.05) is 0 Å². The molecule has 0 radical (unpaired) electrons. The van der Waals surface area contributed by atoms with E-state index in [2.05, 4.69) is 20.9 Å². The standard InChI is InChI=1S/C13H13BrN2O3S/c1-19-13-9(3-2-6-16-13)8-20(17,18)12-7-10(14)4-5-11(12)15/h2-7H,8,15H2,1H3. The number of rotatable bonds is 4. The van der Waals surface area contributed by atoms with Crippen molar-refractivity contribution in [2.45, 2.75) is 10.6 Å². The van der Waals surface area contributed by atoms with Crippen LogP contribution < -0.4 is 10.5 Å². The number of nitrogens with two attached hydrogens (primary N) is 1. The number of hydrogen-bond donors (Lipinski definition) is 1. The number of nitrogen functional groups attached to an aromatic ring is 1. The molecule has 0 spiro atoms. The molecule has 0 unspecified atom stereocenters. The summed E-state index contributed by atoms with van der Waals surface area (Å²) in [4.78, 5) is 4.08. The van der Waals surface area contributed by atoms with Crippen molar-refractivity contribution >= 4 is 31.5 Å². The van der Waals surface area contributed by atoms with Gasteiger partial charge in [0.1, 0.15) is 0 Å². The summed E-state index contributed by atoms with van der Waals surface area (Å²) in [6.07, 6.45) is 1.54. The third-order valence-electron chi connectivity index (χ3n) is 2.70. The minimum atomic E-state index is -3.57. The SMILES string of the molecule is COc1ncccc1CS(=O)(=O)c1cc(Br)ccc1N. The zero-order valence-corrected chi connectivity index (χ0v) is 13.1. The Morgan fingerprint density at radius 1 is 1.35 bits per heavy atom. The molecule has 1 aromatic carbocycles. The maximum Gasteiger partial charge on any atom is 0.217 e. The van der Waals surface area contributed by atoms with Crippen LogP contribution in [0.15, 0.2) is 45.9 Å². The second kappa shape index (κ2) is 5.80. The van der Waals surface area contributed by atoms with Gasteiger partial charge in [-0.2, -0.15) is 0 Å². The fourth-order valence-corrected chi connectivity index (χ4v) is 3.81. The Morgan fingerprint density at radius 3 is 2.80 bits per heavy atom. The van der Waals surface area contributed by atoms with E-state index >= 15 is 0 Å². The first-order chi connectivity index (χ1) is 9.44. The number of pyridine rings is 1. The fraction of sp³-hybridized carbons (Fsp3) is 0.154. The first kappa shape index (κ1) is 14.8. The summed E-state index contributed by atoms with van der Waals surface area (Å²) in [5, 5.41) is 0. The van der Waals surface area contributed by atoms with E-state index in [1.165, 1.54) is 13.2 Å². The Kier molecular flexibility index (Phi) is 4.29. The summed E-state index contributed by atoms with van der Waals surface area (Å²) in [5.74, 6) is 0.0784. The summed E-state index contributed by atoms with van der Waals surface area (Å²) >= 11 is 3.25. The number of anilines is 1. The van der Waals surface area contributed by atoms with Crippen LogP contribution >= 0.6 is 15.9 Å². The summed E-state index contributed by atoms with van der Waals surface area (Å²) in [6, 6.07) is 8.07. The number of benzene rings is 1. The second-order valence-electron chi connectivity index (χ2n) is 4.11. The minimum absolute atomic E-state index is 0.0952. The molecule has 1 aromatic heterocycles. The van der Waals surface area contributed by atoms with Crippen LogP contribution in [-0.2, 0) is 15.6 Å². The summed E-state index contributed by atoms with van der Waals surface area (Å²) in [7, 11) is -2.12. The van der Waals surface area contributed by atoms with Crippen molar-refractivity contribution in [3.8, 4) is 5.88 Å². The van der Waals surface area contributed by atoms with Crippen LogP contribution in [0.3, 0.4) is 0 Å². The lowest BCUT2D eigenvalue weighted by molar-refractivity contribution is 0.394. The molecular weight excluding hydrogens is 344 g/mol. The number of sulfone groups is 1. The van der Waals surface area contributed by atoms with E-state index in [-0.39, 0.29) is 16.3 Å². The largest absolute Gasteiger partial charge is 0.481 e. The van der Waals surface area contributed by atoms with Gasteiger partial charge < -0.3 is 10.5 Å². The Balaban J connectivity index is 2.43. The monoisotopic (exact) mass is 356 g/mol. The maximum absolute atomic E-state index is 12.5. The molecule has 106 valence electrons. The van der Waals surface area contributed by atoms with Gasteiger partial charge in [0.15, 0.2) is 9.84 Å². The number of aromatic nitrogens is 1. The summed E-state index contributed by atoms with van der Waals surface area (Å²) < 4.78 is 30.6. The predicted molar refractivity (Wildman–Crippen MR) is 80.2 cm³/mol. The lowest BCUT2D eigenvalue weighted by Gasteiger charge is -2.10. The minimum Gasteiger partial charge on any atom is -0.481 e. The number of methoxy groups -OCH3 is 1. The van der Waals surface area contributed by atoms with Crippen LogP contribution in [0.1, 0.15) is 5.56 Å². The molecule has 7 heteroatoms. The third-order valence-corrected chi connectivity index (χ3v) is 4.91. The summed E-state index contributed by atoms with van der Waals surface area (Å²) in [6.45, 7) is 0. The average Bonchev–Trinajstić information content (AvgIpc) is 2.41. The van der Waals surface area contributed by atoms with Crippen LogP contribution in [0.4, 0.5) is 5.69 Å². The molecule has 0 atom stereocenters. The molecule has 2 N–H and O–H groups in total. The van der Waals surface area contributed by atoms with Crippen molar-refractivity contribution in [1.82, 2.24) is 4.98 Å². The lowest BCUT2D eigenvalue weighted by atomic mass is 10.3. The van der Waals surface area contributed by atoms with Gasteiger partial charge in [-0.25, -0.2) is 13.4 Å². The van der Waals surface area contributed by atoms with Crippen molar-refractivity contribution in [1.29, 1.82) is 0 Å².